The fourth-order valence-corrected chi connectivity index (χ4v) is 6.35. The molecule has 0 aliphatic carbocycles. The van der Waals surface area contributed by atoms with E-state index in [1.807, 2.05) is 36.4 Å². The lowest BCUT2D eigenvalue weighted by Crippen LogP contribution is -2.41. The van der Waals surface area contributed by atoms with Crippen molar-refractivity contribution < 1.29 is 18.3 Å². The number of rotatable bonds is 6. The molecule has 3 aromatic carbocycles. The van der Waals surface area contributed by atoms with Gasteiger partial charge in [-0.3, -0.25) is 9.78 Å². The maximum atomic E-state index is 13.9. The summed E-state index contributed by atoms with van der Waals surface area (Å²) in [6, 6.07) is 22.4. The summed E-state index contributed by atoms with van der Waals surface area (Å²) in [6.07, 6.45) is 3.47. The van der Waals surface area contributed by atoms with E-state index in [1.165, 1.54) is 29.2 Å². The molecule has 200 valence electrons. The molecule has 2 N–H and O–H groups in total. The minimum absolute atomic E-state index is 0.0349. The molecule has 1 aliphatic rings. The van der Waals surface area contributed by atoms with Crippen LogP contribution in [-0.2, 0) is 27.0 Å². The molecule has 1 atom stereocenters. The van der Waals surface area contributed by atoms with Crippen molar-refractivity contribution in [2.75, 3.05) is 4.90 Å². The van der Waals surface area contributed by atoms with Gasteiger partial charge in [0.05, 0.1) is 17.1 Å². The van der Waals surface area contributed by atoms with E-state index in [2.05, 4.69) is 9.71 Å². The van der Waals surface area contributed by atoms with Crippen molar-refractivity contribution >= 4 is 33.2 Å². The van der Waals surface area contributed by atoms with Crippen LogP contribution in [0.3, 0.4) is 0 Å². The van der Waals surface area contributed by atoms with Gasteiger partial charge in [0.15, 0.2) is 5.60 Å². The monoisotopic (exact) mass is 561 g/mol. The molecule has 39 heavy (non-hydrogen) atoms. The number of nitrogens with one attached hydrogen (secondary N) is 1. The zero-order valence-electron chi connectivity index (χ0n) is 21.7. The van der Waals surface area contributed by atoms with Crippen LogP contribution in [0.2, 0.25) is 5.02 Å². The van der Waals surface area contributed by atoms with Crippen molar-refractivity contribution in [3.63, 3.8) is 0 Å². The third-order valence-electron chi connectivity index (χ3n) is 6.53. The zero-order valence-corrected chi connectivity index (χ0v) is 23.3. The van der Waals surface area contributed by atoms with Crippen LogP contribution >= 0.6 is 11.6 Å². The summed E-state index contributed by atoms with van der Waals surface area (Å²) in [5, 5.41) is 12.3. The molecule has 1 aromatic heterocycles. The zero-order chi connectivity index (χ0) is 28.0. The van der Waals surface area contributed by atoms with Crippen molar-refractivity contribution in [1.82, 2.24) is 9.71 Å². The molecule has 1 amide bonds. The minimum atomic E-state index is -3.79. The fraction of sp³-hybridized carbons (Fsp3) is 0.200. The normalized spacial score (nSPS) is 17.4. The van der Waals surface area contributed by atoms with Gasteiger partial charge in [-0.25, -0.2) is 13.1 Å². The summed E-state index contributed by atoms with van der Waals surface area (Å²) in [5.41, 5.74) is 1.37. The number of hydrogen-bond donors (Lipinski definition) is 2. The lowest BCUT2D eigenvalue weighted by Gasteiger charge is -2.24. The minimum Gasteiger partial charge on any atom is -0.372 e. The largest absolute Gasteiger partial charge is 0.372 e. The number of nitrogens with zero attached hydrogens (tertiary/aromatic N) is 2. The van der Waals surface area contributed by atoms with E-state index in [4.69, 9.17) is 11.6 Å². The number of benzene rings is 3. The van der Waals surface area contributed by atoms with E-state index >= 15 is 0 Å². The Morgan fingerprint density at radius 1 is 0.923 bits per heavy atom. The number of hydrogen-bond acceptors (Lipinski definition) is 5. The van der Waals surface area contributed by atoms with Gasteiger partial charge in [0, 0.05) is 28.5 Å². The molecule has 2 heterocycles. The molecule has 9 heteroatoms. The quantitative estimate of drug-likeness (QED) is 0.334. The molecule has 0 radical (unpaired) electrons. The SMILES string of the molecule is CC(C)(C)NS(=O)(=O)c1ccc(C2(O)C(=O)N(Cc3ccc(-c4ccncc4)cc3)c3ccc(Cl)cc32)cc1. The lowest BCUT2D eigenvalue weighted by molar-refractivity contribution is -0.132. The lowest BCUT2D eigenvalue weighted by atomic mass is 9.87. The smallest absolute Gasteiger partial charge is 0.268 e. The van der Waals surface area contributed by atoms with Crippen molar-refractivity contribution in [3.05, 3.63) is 113 Å². The number of pyridine rings is 1. The summed E-state index contributed by atoms with van der Waals surface area (Å²) in [7, 11) is -3.79. The van der Waals surface area contributed by atoms with Gasteiger partial charge in [-0.05, 0) is 85.5 Å². The Morgan fingerprint density at radius 3 is 2.15 bits per heavy atom. The number of anilines is 1. The number of aliphatic hydroxyl groups is 1. The molecule has 0 saturated heterocycles. The first-order valence-electron chi connectivity index (χ1n) is 12.4. The summed E-state index contributed by atoms with van der Waals surface area (Å²) in [4.78, 5) is 19.5. The second-order valence-electron chi connectivity index (χ2n) is 10.6. The average molecular weight is 562 g/mol. The Morgan fingerprint density at radius 2 is 1.54 bits per heavy atom. The van der Waals surface area contributed by atoms with Gasteiger partial charge in [-0.2, -0.15) is 0 Å². The van der Waals surface area contributed by atoms with Gasteiger partial charge in [-0.1, -0.05) is 48.0 Å². The highest BCUT2D eigenvalue weighted by atomic mass is 35.5. The van der Waals surface area contributed by atoms with Crippen LogP contribution in [0.5, 0.6) is 0 Å². The summed E-state index contributed by atoms with van der Waals surface area (Å²) in [5.74, 6) is -0.540. The summed E-state index contributed by atoms with van der Waals surface area (Å²) in [6.45, 7) is 5.48. The van der Waals surface area contributed by atoms with Crippen molar-refractivity contribution in [2.45, 2.75) is 43.4 Å². The van der Waals surface area contributed by atoms with E-state index in [9.17, 15) is 18.3 Å². The van der Waals surface area contributed by atoms with Gasteiger partial charge in [-0.15, -0.1) is 0 Å². The van der Waals surface area contributed by atoms with Gasteiger partial charge in [0.2, 0.25) is 10.0 Å². The van der Waals surface area contributed by atoms with Gasteiger partial charge in [0.25, 0.3) is 5.91 Å². The number of aromatic nitrogens is 1. The molecule has 4 aromatic rings. The van der Waals surface area contributed by atoms with Gasteiger partial charge in [0.1, 0.15) is 0 Å². The van der Waals surface area contributed by atoms with Crippen molar-refractivity contribution in [3.8, 4) is 11.1 Å². The average Bonchev–Trinajstić information content (AvgIpc) is 3.10. The van der Waals surface area contributed by atoms with Gasteiger partial charge >= 0.3 is 0 Å². The third kappa shape index (κ3) is 5.21. The highest BCUT2D eigenvalue weighted by Gasteiger charge is 2.51. The molecule has 7 nitrogen and oxygen atoms in total. The second-order valence-corrected chi connectivity index (χ2v) is 12.7. The molecule has 5 rings (SSSR count). The topological polar surface area (TPSA) is 99.6 Å². The Balaban J connectivity index is 1.48. The predicted octanol–water partition coefficient (Wildman–Crippen LogP) is 5.26. The van der Waals surface area contributed by atoms with Crippen LogP contribution in [0.4, 0.5) is 5.69 Å². The van der Waals surface area contributed by atoms with E-state index in [0.29, 0.717) is 16.3 Å². The van der Waals surface area contributed by atoms with Crippen LogP contribution in [0, 0.1) is 0 Å². The number of sulfonamides is 1. The number of fused-ring (bicyclic) bond motifs is 1. The second kappa shape index (κ2) is 9.88. The molecule has 0 spiro atoms. The van der Waals surface area contributed by atoms with Crippen LogP contribution in [0.25, 0.3) is 11.1 Å². The molecule has 0 saturated carbocycles. The Kier molecular flexibility index (Phi) is 6.84. The fourth-order valence-electron chi connectivity index (χ4n) is 4.76. The van der Waals surface area contributed by atoms with E-state index in [1.54, 1.807) is 51.4 Å². The van der Waals surface area contributed by atoms with Crippen LogP contribution < -0.4 is 9.62 Å². The van der Waals surface area contributed by atoms with Crippen molar-refractivity contribution in [1.29, 1.82) is 0 Å². The number of carbonyl (C=O) groups excluding carboxylic acids is 1. The molecular weight excluding hydrogens is 534 g/mol. The van der Waals surface area contributed by atoms with Crippen LogP contribution in [0.15, 0.2) is 96.2 Å². The van der Waals surface area contributed by atoms with E-state index in [-0.39, 0.29) is 17.0 Å². The first-order valence-corrected chi connectivity index (χ1v) is 14.2. The Hall–Kier alpha value is -3.56. The van der Waals surface area contributed by atoms with E-state index < -0.39 is 27.1 Å². The standard InChI is InChI=1S/C30H28ClN3O4S/c1-29(2,3)33-39(37,38)25-11-8-23(9-12-25)30(36)26-18-24(31)10-13-27(26)34(28(30)35)19-20-4-6-21(7-5-20)22-14-16-32-17-15-22/h4-18,33,36H,19H2,1-3H3. The van der Waals surface area contributed by atoms with Crippen LogP contribution in [-0.4, -0.2) is 30.0 Å². The van der Waals surface area contributed by atoms with Crippen LogP contribution in [0.1, 0.15) is 37.5 Å². The Bertz CT molecular complexity index is 1630. The Labute approximate surface area is 233 Å². The summed E-state index contributed by atoms with van der Waals surface area (Å²) < 4.78 is 28.1. The van der Waals surface area contributed by atoms with E-state index in [0.717, 1.165) is 16.7 Å². The molecule has 0 fully saturated rings. The maximum absolute atomic E-state index is 13.9. The highest BCUT2D eigenvalue weighted by molar-refractivity contribution is 7.89. The predicted molar refractivity (Wildman–Crippen MR) is 152 cm³/mol. The first-order chi connectivity index (χ1) is 18.4. The number of carbonyl (C=O) groups is 1. The molecule has 1 aliphatic heterocycles. The molecule has 0 bridgehead atoms. The summed E-state index contributed by atoms with van der Waals surface area (Å²) >= 11 is 6.28. The number of amides is 1. The van der Waals surface area contributed by atoms with Gasteiger partial charge < -0.3 is 10.0 Å². The molecule has 1 unspecified atom stereocenters. The highest BCUT2D eigenvalue weighted by Crippen LogP contribution is 2.46. The third-order valence-corrected chi connectivity index (χ3v) is 8.53. The maximum Gasteiger partial charge on any atom is 0.268 e. The van der Waals surface area contributed by atoms with Crippen molar-refractivity contribution in [2.24, 2.45) is 0 Å². The first kappa shape index (κ1) is 27.0. The molecular formula is C30H28ClN3O4S. The number of halogens is 1.